The Morgan fingerprint density at radius 2 is 1.65 bits per heavy atom. The molecule has 17 heavy (non-hydrogen) atoms. The summed E-state index contributed by atoms with van der Waals surface area (Å²) in [6, 6.07) is 0.856. The Bertz CT molecular complexity index is 261. The van der Waals surface area contributed by atoms with Crippen LogP contribution in [0.3, 0.4) is 0 Å². The predicted octanol–water partition coefficient (Wildman–Crippen LogP) is 3.05. The van der Waals surface area contributed by atoms with Crippen molar-refractivity contribution >= 4 is 6.03 Å². The highest BCUT2D eigenvalue weighted by Crippen LogP contribution is 2.31. The predicted molar refractivity (Wildman–Crippen MR) is 69.9 cm³/mol. The molecule has 2 fully saturated rings. The van der Waals surface area contributed by atoms with Gasteiger partial charge in [0, 0.05) is 12.1 Å². The zero-order valence-corrected chi connectivity index (χ0v) is 11.2. The van der Waals surface area contributed by atoms with E-state index in [1.54, 1.807) is 0 Å². The number of carbonyl (C=O) groups excluding carboxylic acids is 1. The standard InChI is InChI=1S/C14H26N2O/c1-10-8-9-13(11(10)2)16-14(17)15-12-6-4-3-5-7-12/h10-13H,3-9H2,1-2H3,(H2,15,16,17). The molecular weight excluding hydrogens is 212 g/mol. The SMILES string of the molecule is CC1CCC(NC(=O)NC2CCCCC2)C1C. The Hall–Kier alpha value is -0.730. The fourth-order valence-electron chi connectivity index (χ4n) is 3.21. The Morgan fingerprint density at radius 1 is 0.941 bits per heavy atom. The first-order valence-corrected chi connectivity index (χ1v) is 7.24. The van der Waals surface area contributed by atoms with Crippen molar-refractivity contribution < 1.29 is 4.79 Å². The van der Waals surface area contributed by atoms with Gasteiger partial charge in [0.1, 0.15) is 0 Å². The summed E-state index contributed by atoms with van der Waals surface area (Å²) in [4.78, 5) is 11.9. The van der Waals surface area contributed by atoms with Gasteiger partial charge in [0.05, 0.1) is 0 Å². The molecular formula is C14H26N2O. The maximum absolute atomic E-state index is 11.9. The molecule has 2 aliphatic carbocycles. The van der Waals surface area contributed by atoms with Crippen molar-refractivity contribution in [1.82, 2.24) is 10.6 Å². The fourth-order valence-corrected chi connectivity index (χ4v) is 3.21. The van der Waals surface area contributed by atoms with E-state index in [1.807, 2.05) is 0 Å². The molecule has 0 aromatic rings. The summed E-state index contributed by atoms with van der Waals surface area (Å²) in [5, 5.41) is 6.29. The molecule has 0 bridgehead atoms. The third-order valence-electron chi connectivity index (χ3n) is 4.72. The number of hydrogen-bond donors (Lipinski definition) is 2. The first-order valence-electron chi connectivity index (χ1n) is 7.24. The summed E-state index contributed by atoms with van der Waals surface area (Å²) in [5.74, 6) is 1.36. The van der Waals surface area contributed by atoms with Crippen LogP contribution in [0.5, 0.6) is 0 Å². The molecule has 0 aromatic carbocycles. The van der Waals surface area contributed by atoms with E-state index in [4.69, 9.17) is 0 Å². The normalized spacial score (nSPS) is 34.6. The van der Waals surface area contributed by atoms with Gasteiger partial charge in [-0.05, 0) is 37.5 Å². The summed E-state index contributed by atoms with van der Waals surface area (Å²) in [5.41, 5.74) is 0. The number of nitrogens with one attached hydrogen (secondary N) is 2. The lowest BCUT2D eigenvalue weighted by atomic mass is 9.95. The lowest BCUT2D eigenvalue weighted by Crippen LogP contribution is -2.47. The van der Waals surface area contributed by atoms with Gasteiger partial charge < -0.3 is 10.6 Å². The van der Waals surface area contributed by atoms with Crippen molar-refractivity contribution in [2.75, 3.05) is 0 Å². The van der Waals surface area contributed by atoms with Crippen molar-refractivity contribution in [2.45, 2.75) is 70.9 Å². The van der Waals surface area contributed by atoms with E-state index in [0.29, 0.717) is 18.0 Å². The van der Waals surface area contributed by atoms with E-state index in [9.17, 15) is 4.79 Å². The molecule has 0 heterocycles. The lowest BCUT2D eigenvalue weighted by molar-refractivity contribution is 0.225. The van der Waals surface area contributed by atoms with E-state index in [2.05, 4.69) is 24.5 Å². The minimum Gasteiger partial charge on any atom is -0.335 e. The molecule has 0 aromatic heterocycles. The average molecular weight is 238 g/mol. The minimum absolute atomic E-state index is 0.0582. The first kappa shape index (κ1) is 12.7. The molecule has 3 unspecified atom stereocenters. The van der Waals surface area contributed by atoms with Gasteiger partial charge in [-0.15, -0.1) is 0 Å². The van der Waals surface area contributed by atoms with Crippen LogP contribution in [0.25, 0.3) is 0 Å². The Morgan fingerprint density at radius 3 is 2.24 bits per heavy atom. The second-order valence-corrected chi connectivity index (χ2v) is 5.97. The largest absolute Gasteiger partial charge is 0.335 e. The van der Waals surface area contributed by atoms with Crippen LogP contribution >= 0.6 is 0 Å². The summed E-state index contributed by atoms with van der Waals surface area (Å²) >= 11 is 0. The molecule has 2 saturated carbocycles. The summed E-state index contributed by atoms with van der Waals surface area (Å²) in [6.45, 7) is 4.54. The van der Waals surface area contributed by atoms with Crippen molar-refractivity contribution in [3.63, 3.8) is 0 Å². The zero-order valence-electron chi connectivity index (χ0n) is 11.2. The second-order valence-electron chi connectivity index (χ2n) is 5.97. The van der Waals surface area contributed by atoms with Crippen molar-refractivity contribution in [2.24, 2.45) is 11.8 Å². The number of urea groups is 1. The molecule has 98 valence electrons. The third kappa shape index (κ3) is 3.36. The van der Waals surface area contributed by atoms with Crippen molar-refractivity contribution in [3.8, 4) is 0 Å². The Labute approximate surface area is 105 Å². The molecule has 2 aliphatic rings. The van der Waals surface area contributed by atoms with Gasteiger partial charge in [-0.3, -0.25) is 0 Å². The van der Waals surface area contributed by atoms with E-state index in [1.165, 1.54) is 25.7 Å². The number of hydrogen-bond acceptors (Lipinski definition) is 1. The van der Waals surface area contributed by atoms with Crippen LogP contribution in [0.4, 0.5) is 4.79 Å². The van der Waals surface area contributed by atoms with Gasteiger partial charge in [0.2, 0.25) is 0 Å². The highest BCUT2D eigenvalue weighted by Gasteiger charge is 2.31. The molecule has 0 aliphatic heterocycles. The molecule has 3 heteroatoms. The van der Waals surface area contributed by atoms with Gasteiger partial charge in [-0.2, -0.15) is 0 Å². The highest BCUT2D eigenvalue weighted by molar-refractivity contribution is 5.74. The van der Waals surface area contributed by atoms with Crippen molar-refractivity contribution in [1.29, 1.82) is 0 Å². The average Bonchev–Trinajstić information content (AvgIpc) is 2.62. The van der Waals surface area contributed by atoms with Gasteiger partial charge >= 0.3 is 6.03 Å². The van der Waals surface area contributed by atoms with Crippen molar-refractivity contribution in [3.05, 3.63) is 0 Å². The molecule has 2 amide bonds. The summed E-state index contributed by atoms with van der Waals surface area (Å²) in [7, 11) is 0. The number of carbonyl (C=O) groups is 1. The first-order chi connectivity index (χ1) is 8.16. The molecule has 0 saturated heterocycles. The topological polar surface area (TPSA) is 41.1 Å². The smallest absolute Gasteiger partial charge is 0.315 e. The Kier molecular flexibility index (Phi) is 4.30. The molecule has 0 spiro atoms. The van der Waals surface area contributed by atoms with E-state index >= 15 is 0 Å². The van der Waals surface area contributed by atoms with E-state index in [0.717, 1.165) is 25.2 Å². The zero-order chi connectivity index (χ0) is 12.3. The lowest BCUT2D eigenvalue weighted by Gasteiger charge is -2.25. The summed E-state index contributed by atoms with van der Waals surface area (Å²) < 4.78 is 0. The van der Waals surface area contributed by atoms with Gasteiger partial charge in [0.25, 0.3) is 0 Å². The molecule has 3 nitrogen and oxygen atoms in total. The van der Waals surface area contributed by atoms with Crippen LogP contribution < -0.4 is 10.6 Å². The van der Waals surface area contributed by atoms with Gasteiger partial charge in [0.15, 0.2) is 0 Å². The van der Waals surface area contributed by atoms with Crippen LogP contribution in [0, 0.1) is 11.8 Å². The third-order valence-corrected chi connectivity index (χ3v) is 4.72. The minimum atomic E-state index is 0.0582. The second kappa shape index (κ2) is 5.74. The maximum Gasteiger partial charge on any atom is 0.315 e. The van der Waals surface area contributed by atoms with E-state index in [-0.39, 0.29) is 6.03 Å². The maximum atomic E-state index is 11.9. The van der Waals surface area contributed by atoms with E-state index < -0.39 is 0 Å². The molecule has 2 rings (SSSR count). The van der Waals surface area contributed by atoms with Gasteiger partial charge in [-0.1, -0.05) is 33.1 Å². The Balaban J connectivity index is 1.73. The quantitative estimate of drug-likeness (QED) is 0.762. The molecule has 3 atom stereocenters. The number of rotatable bonds is 2. The van der Waals surface area contributed by atoms with Crippen LogP contribution in [0.15, 0.2) is 0 Å². The molecule has 0 radical (unpaired) electrons. The molecule has 2 N–H and O–H groups in total. The van der Waals surface area contributed by atoms with Gasteiger partial charge in [-0.25, -0.2) is 4.79 Å². The summed E-state index contributed by atoms with van der Waals surface area (Å²) in [6.07, 6.45) is 8.56. The monoisotopic (exact) mass is 238 g/mol. The van der Waals surface area contributed by atoms with Crippen LogP contribution in [0.1, 0.15) is 58.8 Å². The van der Waals surface area contributed by atoms with Crippen LogP contribution in [-0.4, -0.2) is 18.1 Å². The van der Waals surface area contributed by atoms with Crippen LogP contribution in [-0.2, 0) is 0 Å². The fraction of sp³-hybridized carbons (Fsp3) is 0.929. The highest BCUT2D eigenvalue weighted by atomic mass is 16.2. The van der Waals surface area contributed by atoms with Crippen LogP contribution in [0.2, 0.25) is 0 Å². The number of amides is 2.